The van der Waals surface area contributed by atoms with Gasteiger partial charge in [-0.3, -0.25) is 0 Å². The Morgan fingerprint density at radius 2 is 1.63 bits per heavy atom. The van der Waals surface area contributed by atoms with Gasteiger partial charge in [-0.15, -0.1) is 13.2 Å². The number of alkyl halides is 6. The number of anilines is 1. The summed E-state index contributed by atoms with van der Waals surface area (Å²) < 4.78 is 77.3. The van der Waals surface area contributed by atoms with Gasteiger partial charge in [-0.1, -0.05) is 6.07 Å². The molecule has 1 aromatic carbocycles. The summed E-state index contributed by atoms with van der Waals surface area (Å²) >= 11 is -0.644. The highest BCUT2D eigenvalue weighted by Gasteiger charge is 2.37. The van der Waals surface area contributed by atoms with E-state index >= 15 is 0 Å². The Morgan fingerprint density at radius 1 is 1.05 bits per heavy atom. The lowest BCUT2D eigenvalue weighted by molar-refractivity contribution is -0.275. The molecule has 0 aliphatic carbocycles. The SMILES string of the molecule is CN(C)c1cccc(OC(F)(F)F)c1SC(F)(F)F. The molecule has 0 saturated heterocycles. The van der Waals surface area contributed by atoms with Crippen molar-refractivity contribution in [1.29, 1.82) is 0 Å². The summed E-state index contributed by atoms with van der Waals surface area (Å²) in [4.78, 5) is 0.648. The van der Waals surface area contributed by atoms with E-state index in [9.17, 15) is 26.3 Å². The number of nitrogens with zero attached hydrogens (tertiary/aromatic N) is 1. The normalized spacial score (nSPS) is 12.4. The third-order valence-electron chi connectivity index (χ3n) is 1.88. The molecule has 1 aromatic rings. The second kappa shape index (κ2) is 5.40. The summed E-state index contributed by atoms with van der Waals surface area (Å²) in [6, 6.07) is 3.31. The minimum atomic E-state index is -5.05. The van der Waals surface area contributed by atoms with Gasteiger partial charge in [0.25, 0.3) is 0 Å². The fourth-order valence-electron chi connectivity index (χ4n) is 1.28. The van der Waals surface area contributed by atoms with Crippen molar-refractivity contribution in [3.8, 4) is 5.75 Å². The zero-order chi connectivity index (χ0) is 14.8. The van der Waals surface area contributed by atoms with Crippen molar-refractivity contribution in [1.82, 2.24) is 0 Å². The average molecular weight is 305 g/mol. The lowest BCUT2D eigenvalue weighted by atomic mass is 10.3. The van der Waals surface area contributed by atoms with Crippen LogP contribution in [-0.2, 0) is 0 Å². The Balaban J connectivity index is 3.26. The van der Waals surface area contributed by atoms with Crippen molar-refractivity contribution in [2.45, 2.75) is 16.8 Å². The quantitative estimate of drug-likeness (QED) is 0.611. The fourth-order valence-corrected chi connectivity index (χ4v) is 2.08. The molecule has 0 fully saturated rings. The largest absolute Gasteiger partial charge is 0.573 e. The summed E-state index contributed by atoms with van der Waals surface area (Å²) in [7, 11) is 2.85. The fraction of sp³-hybridized carbons (Fsp3) is 0.400. The molecule has 0 unspecified atom stereocenters. The van der Waals surface area contributed by atoms with Gasteiger partial charge in [-0.2, -0.15) is 13.2 Å². The van der Waals surface area contributed by atoms with Gasteiger partial charge in [-0.05, 0) is 23.9 Å². The predicted octanol–water partition coefficient (Wildman–Crippen LogP) is 4.26. The van der Waals surface area contributed by atoms with E-state index in [2.05, 4.69) is 4.74 Å². The average Bonchev–Trinajstić information content (AvgIpc) is 2.15. The van der Waals surface area contributed by atoms with Gasteiger partial charge in [0, 0.05) is 14.1 Å². The first-order chi connectivity index (χ1) is 8.49. The van der Waals surface area contributed by atoms with E-state index < -0.39 is 34.3 Å². The number of benzene rings is 1. The van der Waals surface area contributed by atoms with E-state index in [4.69, 9.17) is 0 Å². The van der Waals surface area contributed by atoms with Crippen LogP contribution in [0.25, 0.3) is 0 Å². The Labute approximate surface area is 109 Å². The molecule has 19 heavy (non-hydrogen) atoms. The van der Waals surface area contributed by atoms with Crippen LogP contribution < -0.4 is 9.64 Å². The molecule has 0 saturated carbocycles. The molecule has 0 amide bonds. The Morgan fingerprint density at radius 3 is 2.05 bits per heavy atom. The second-order valence-corrected chi connectivity index (χ2v) is 4.67. The van der Waals surface area contributed by atoms with Crippen molar-refractivity contribution in [3.63, 3.8) is 0 Å². The summed E-state index contributed by atoms with van der Waals surface area (Å²) in [5.74, 6) is -0.874. The third-order valence-corrected chi connectivity index (χ3v) is 2.73. The molecule has 0 aliphatic rings. The van der Waals surface area contributed by atoms with E-state index in [0.717, 1.165) is 6.07 Å². The maximum absolute atomic E-state index is 12.4. The number of hydrogen-bond donors (Lipinski definition) is 0. The first-order valence-electron chi connectivity index (χ1n) is 4.81. The Hall–Kier alpha value is -1.25. The highest BCUT2D eigenvalue weighted by molar-refractivity contribution is 8.00. The third kappa shape index (κ3) is 5.09. The van der Waals surface area contributed by atoms with Crippen LogP contribution in [0.1, 0.15) is 0 Å². The maximum Gasteiger partial charge on any atom is 0.573 e. The number of ether oxygens (including phenoxy) is 1. The predicted molar refractivity (Wildman–Crippen MR) is 59.4 cm³/mol. The van der Waals surface area contributed by atoms with Crippen LogP contribution in [0.3, 0.4) is 0 Å². The van der Waals surface area contributed by atoms with Crippen LogP contribution in [0.2, 0.25) is 0 Å². The molecule has 0 heterocycles. The van der Waals surface area contributed by atoms with Crippen molar-refractivity contribution in [2.75, 3.05) is 19.0 Å². The van der Waals surface area contributed by atoms with E-state index in [1.54, 1.807) is 0 Å². The molecule has 2 nitrogen and oxygen atoms in total. The standard InChI is InChI=1S/C10H9F6NOS/c1-17(2)6-4-3-5-7(18-9(11,12)13)8(6)19-10(14,15)16/h3-5H,1-2H3. The van der Waals surface area contributed by atoms with Crippen LogP contribution in [-0.4, -0.2) is 26.0 Å². The minimum Gasteiger partial charge on any atom is -0.405 e. The molecule has 0 bridgehead atoms. The number of thioether (sulfide) groups is 1. The van der Waals surface area contributed by atoms with Crippen molar-refractivity contribution < 1.29 is 31.1 Å². The second-order valence-electron chi connectivity index (χ2n) is 3.59. The zero-order valence-electron chi connectivity index (χ0n) is 9.76. The molecule has 0 N–H and O–H groups in total. The molecule has 0 aromatic heterocycles. The van der Waals surface area contributed by atoms with Crippen LogP contribution in [0, 0.1) is 0 Å². The number of halogens is 6. The Kier molecular flexibility index (Phi) is 4.49. The highest BCUT2D eigenvalue weighted by atomic mass is 32.2. The van der Waals surface area contributed by atoms with Gasteiger partial charge < -0.3 is 9.64 Å². The zero-order valence-corrected chi connectivity index (χ0v) is 10.6. The van der Waals surface area contributed by atoms with Crippen LogP contribution in [0.15, 0.2) is 23.1 Å². The van der Waals surface area contributed by atoms with E-state index in [0.29, 0.717) is 0 Å². The van der Waals surface area contributed by atoms with Crippen molar-refractivity contribution >= 4 is 17.4 Å². The van der Waals surface area contributed by atoms with Gasteiger partial charge in [0.2, 0.25) is 0 Å². The number of rotatable bonds is 3. The molecule has 0 aliphatic heterocycles. The van der Waals surface area contributed by atoms with Gasteiger partial charge >= 0.3 is 11.9 Å². The maximum atomic E-state index is 12.4. The molecule has 108 valence electrons. The summed E-state index contributed by atoms with van der Waals surface area (Å²) in [6.07, 6.45) is -5.05. The lowest BCUT2D eigenvalue weighted by Gasteiger charge is -2.21. The number of hydrogen-bond acceptors (Lipinski definition) is 3. The Bertz CT molecular complexity index is 443. The highest BCUT2D eigenvalue weighted by Crippen LogP contribution is 2.47. The molecule has 0 radical (unpaired) electrons. The first-order valence-corrected chi connectivity index (χ1v) is 5.63. The molecule has 0 spiro atoms. The van der Waals surface area contributed by atoms with Gasteiger partial charge in [0.15, 0.2) is 0 Å². The lowest BCUT2D eigenvalue weighted by Crippen LogP contribution is -2.19. The molecule has 0 atom stereocenters. The van der Waals surface area contributed by atoms with Crippen molar-refractivity contribution in [3.05, 3.63) is 18.2 Å². The van der Waals surface area contributed by atoms with Gasteiger partial charge in [0.1, 0.15) is 5.75 Å². The summed E-state index contributed by atoms with van der Waals surface area (Å²) in [5, 5.41) is 0. The summed E-state index contributed by atoms with van der Waals surface area (Å²) in [5.41, 5.74) is -4.72. The van der Waals surface area contributed by atoms with E-state index in [1.807, 2.05) is 0 Å². The van der Waals surface area contributed by atoms with Gasteiger partial charge in [0.05, 0.1) is 10.6 Å². The monoisotopic (exact) mass is 305 g/mol. The first kappa shape index (κ1) is 15.8. The smallest absolute Gasteiger partial charge is 0.405 e. The molecule has 1 rings (SSSR count). The van der Waals surface area contributed by atoms with E-state index in [1.165, 1.54) is 31.1 Å². The minimum absolute atomic E-state index is 0.0101. The van der Waals surface area contributed by atoms with Crippen LogP contribution in [0.5, 0.6) is 5.75 Å². The molecule has 9 heteroatoms. The molecular weight excluding hydrogens is 296 g/mol. The van der Waals surface area contributed by atoms with E-state index in [-0.39, 0.29) is 5.69 Å². The van der Waals surface area contributed by atoms with Crippen LogP contribution >= 0.6 is 11.8 Å². The van der Waals surface area contributed by atoms with Crippen LogP contribution in [0.4, 0.5) is 32.0 Å². The van der Waals surface area contributed by atoms with Crippen molar-refractivity contribution in [2.24, 2.45) is 0 Å². The topological polar surface area (TPSA) is 12.5 Å². The van der Waals surface area contributed by atoms with Gasteiger partial charge in [-0.25, -0.2) is 0 Å². The summed E-state index contributed by atoms with van der Waals surface area (Å²) in [6.45, 7) is 0. The molecular formula is C10H9F6NOS.